The van der Waals surface area contributed by atoms with Crippen molar-refractivity contribution in [3.05, 3.63) is 0 Å². The molecule has 0 radical (unpaired) electrons. The third-order valence-electron chi connectivity index (χ3n) is 15.0. The number of unbranched alkanes of at least 4 members (excludes halogenated alkanes) is 37. The minimum atomic E-state index is -4.94. The number of carbonyl (C=O) groups excluding carboxylic acids is 4. The maximum absolute atomic E-state index is 13.0. The van der Waals surface area contributed by atoms with Crippen molar-refractivity contribution in [2.75, 3.05) is 39.6 Å². The van der Waals surface area contributed by atoms with Crippen LogP contribution in [0.15, 0.2) is 0 Å². The standard InChI is InChI=1S/C65H126O17P2/c1-6-9-12-15-18-21-25-30-34-39-44-49-63(68)76-55-61(82-65(70)51-46-41-36-31-27-24-22-23-26-29-32-37-42-47-58(4)5)57-80-84(73,74)78-53-59(66)52-77-83(71,72)79-56-60(54-75-62(67)48-43-38-33-20-17-14-11-8-3)81-64(69)50-45-40-35-28-19-16-13-10-7-2/h58-61,66H,6-57H2,1-5H3,(H,71,72)(H,73,74)/t59-,60+,61+/m0/s1. The van der Waals surface area contributed by atoms with Crippen LogP contribution in [0.25, 0.3) is 0 Å². The van der Waals surface area contributed by atoms with E-state index in [2.05, 4.69) is 34.6 Å². The van der Waals surface area contributed by atoms with E-state index in [-0.39, 0.29) is 25.7 Å². The van der Waals surface area contributed by atoms with Gasteiger partial charge >= 0.3 is 39.5 Å². The molecule has 0 aliphatic carbocycles. The monoisotopic (exact) mass is 1240 g/mol. The Balaban J connectivity index is 5.20. The highest BCUT2D eigenvalue weighted by atomic mass is 31.2. The third-order valence-corrected chi connectivity index (χ3v) is 16.9. The van der Waals surface area contributed by atoms with Crippen molar-refractivity contribution in [2.45, 2.75) is 348 Å². The average Bonchev–Trinajstić information content (AvgIpc) is 3.51. The summed E-state index contributed by atoms with van der Waals surface area (Å²) in [5, 5.41) is 10.5. The number of esters is 4. The molecule has 3 N–H and O–H groups in total. The molecule has 0 fully saturated rings. The Morgan fingerprint density at radius 2 is 0.548 bits per heavy atom. The predicted molar refractivity (Wildman–Crippen MR) is 335 cm³/mol. The van der Waals surface area contributed by atoms with Gasteiger partial charge in [0.2, 0.25) is 0 Å². The molecule has 0 saturated heterocycles. The van der Waals surface area contributed by atoms with Crippen molar-refractivity contribution >= 4 is 39.5 Å². The largest absolute Gasteiger partial charge is 0.472 e. The Morgan fingerprint density at radius 1 is 0.321 bits per heavy atom. The Hall–Kier alpha value is -1.94. The van der Waals surface area contributed by atoms with Crippen LogP contribution in [0.4, 0.5) is 0 Å². The average molecular weight is 1240 g/mol. The Morgan fingerprint density at radius 3 is 0.810 bits per heavy atom. The van der Waals surface area contributed by atoms with Crippen molar-refractivity contribution in [2.24, 2.45) is 5.92 Å². The first kappa shape index (κ1) is 82.1. The van der Waals surface area contributed by atoms with Gasteiger partial charge in [-0.3, -0.25) is 37.3 Å². The van der Waals surface area contributed by atoms with E-state index in [1.54, 1.807) is 0 Å². The van der Waals surface area contributed by atoms with Crippen LogP contribution in [0, 0.1) is 5.92 Å². The normalized spacial score (nSPS) is 14.2. The fraction of sp³-hybridized carbons (Fsp3) is 0.938. The zero-order valence-corrected chi connectivity index (χ0v) is 55.8. The van der Waals surface area contributed by atoms with Crippen LogP contribution < -0.4 is 0 Å². The minimum absolute atomic E-state index is 0.106. The lowest BCUT2D eigenvalue weighted by Gasteiger charge is -2.21. The number of rotatable bonds is 65. The molecule has 0 aromatic rings. The number of hydrogen-bond acceptors (Lipinski definition) is 15. The second-order valence-corrected chi connectivity index (χ2v) is 26.9. The van der Waals surface area contributed by atoms with Gasteiger partial charge in [0.1, 0.15) is 19.3 Å². The zero-order valence-electron chi connectivity index (χ0n) is 54.0. The maximum Gasteiger partial charge on any atom is 0.472 e. The summed E-state index contributed by atoms with van der Waals surface area (Å²) in [6, 6.07) is 0. The van der Waals surface area contributed by atoms with Crippen LogP contribution in [-0.2, 0) is 65.4 Å². The van der Waals surface area contributed by atoms with Crippen molar-refractivity contribution in [3.8, 4) is 0 Å². The summed E-state index contributed by atoms with van der Waals surface area (Å²) in [6.45, 7) is 7.18. The molecule has 0 spiro atoms. The zero-order chi connectivity index (χ0) is 62.0. The summed E-state index contributed by atoms with van der Waals surface area (Å²) in [6.07, 6.45) is 43.0. The summed E-state index contributed by atoms with van der Waals surface area (Å²) in [7, 11) is -9.88. The van der Waals surface area contributed by atoms with Gasteiger partial charge in [-0.2, -0.15) is 0 Å². The number of ether oxygens (including phenoxy) is 4. The molecular formula is C65H126O17P2. The second-order valence-electron chi connectivity index (χ2n) is 24.0. The number of hydrogen-bond donors (Lipinski definition) is 3. The topological polar surface area (TPSA) is 237 Å². The van der Waals surface area contributed by atoms with Gasteiger partial charge in [-0.1, -0.05) is 279 Å². The first-order chi connectivity index (χ1) is 40.5. The molecule has 0 amide bonds. The first-order valence-electron chi connectivity index (χ1n) is 34.1. The number of phosphoric ester groups is 2. The van der Waals surface area contributed by atoms with Gasteiger partial charge in [0.15, 0.2) is 12.2 Å². The molecular weight excluding hydrogens is 1110 g/mol. The summed E-state index contributed by atoms with van der Waals surface area (Å²) < 4.78 is 68.0. The molecule has 5 atom stereocenters. The minimum Gasteiger partial charge on any atom is -0.462 e. The molecule has 0 aliphatic rings. The fourth-order valence-corrected chi connectivity index (χ4v) is 11.3. The number of aliphatic hydroxyl groups is 1. The quantitative estimate of drug-likeness (QED) is 0.0222. The van der Waals surface area contributed by atoms with E-state index < -0.39 is 97.5 Å². The van der Waals surface area contributed by atoms with E-state index in [1.165, 1.54) is 148 Å². The molecule has 0 aromatic heterocycles. The van der Waals surface area contributed by atoms with Crippen LogP contribution >= 0.6 is 15.6 Å². The Labute approximate surface area is 511 Å². The number of phosphoric acid groups is 2. The molecule has 19 heteroatoms. The summed E-state index contributed by atoms with van der Waals surface area (Å²) in [5.41, 5.74) is 0. The van der Waals surface area contributed by atoms with Gasteiger partial charge in [-0.15, -0.1) is 0 Å². The van der Waals surface area contributed by atoms with Crippen LogP contribution in [0.2, 0.25) is 0 Å². The Bertz CT molecular complexity index is 1640. The highest BCUT2D eigenvalue weighted by Gasteiger charge is 2.30. The van der Waals surface area contributed by atoms with Gasteiger partial charge in [-0.05, 0) is 31.6 Å². The lowest BCUT2D eigenvalue weighted by molar-refractivity contribution is -0.161. The molecule has 0 bridgehead atoms. The van der Waals surface area contributed by atoms with E-state index in [0.29, 0.717) is 25.7 Å². The van der Waals surface area contributed by atoms with E-state index in [0.717, 1.165) is 102 Å². The van der Waals surface area contributed by atoms with E-state index in [4.69, 9.17) is 37.0 Å². The second kappa shape index (κ2) is 58.7. The van der Waals surface area contributed by atoms with E-state index in [9.17, 15) is 43.2 Å². The van der Waals surface area contributed by atoms with Crippen molar-refractivity contribution in [1.82, 2.24) is 0 Å². The number of carbonyl (C=O) groups is 4. The van der Waals surface area contributed by atoms with Gasteiger partial charge in [0.05, 0.1) is 26.4 Å². The van der Waals surface area contributed by atoms with Crippen molar-refractivity contribution in [1.29, 1.82) is 0 Å². The van der Waals surface area contributed by atoms with Gasteiger partial charge in [0, 0.05) is 25.7 Å². The van der Waals surface area contributed by atoms with Crippen LogP contribution in [0.5, 0.6) is 0 Å². The van der Waals surface area contributed by atoms with Crippen LogP contribution in [0.3, 0.4) is 0 Å². The highest BCUT2D eigenvalue weighted by Crippen LogP contribution is 2.45. The van der Waals surface area contributed by atoms with E-state index in [1.807, 2.05) is 0 Å². The molecule has 498 valence electrons. The lowest BCUT2D eigenvalue weighted by Crippen LogP contribution is -2.30. The van der Waals surface area contributed by atoms with Gasteiger partial charge in [-0.25, -0.2) is 9.13 Å². The fourth-order valence-electron chi connectivity index (χ4n) is 9.76. The molecule has 84 heavy (non-hydrogen) atoms. The molecule has 0 rings (SSSR count). The molecule has 2 unspecified atom stereocenters. The van der Waals surface area contributed by atoms with Crippen LogP contribution in [-0.4, -0.2) is 96.7 Å². The van der Waals surface area contributed by atoms with Crippen molar-refractivity contribution in [3.63, 3.8) is 0 Å². The highest BCUT2D eigenvalue weighted by molar-refractivity contribution is 7.47. The summed E-state index contributed by atoms with van der Waals surface area (Å²) in [5.74, 6) is -1.35. The molecule has 0 saturated carbocycles. The Kier molecular flexibility index (Phi) is 57.4. The first-order valence-corrected chi connectivity index (χ1v) is 37.1. The van der Waals surface area contributed by atoms with E-state index >= 15 is 0 Å². The third kappa shape index (κ3) is 59.0. The lowest BCUT2D eigenvalue weighted by atomic mass is 10.0. The molecule has 0 aliphatic heterocycles. The smallest absolute Gasteiger partial charge is 0.462 e. The van der Waals surface area contributed by atoms with Crippen molar-refractivity contribution < 1.29 is 80.2 Å². The van der Waals surface area contributed by atoms with Gasteiger partial charge < -0.3 is 33.8 Å². The number of aliphatic hydroxyl groups excluding tert-OH is 1. The SMILES string of the molecule is CCCCCCCCCCCCCC(=O)OC[C@H](COP(=O)(O)OC[C@@H](O)COP(=O)(O)OC[C@@H](COC(=O)CCCCCCCCCC)OC(=O)CCCCCCCCCCC)OC(=O)CCCCCCCCCCCCCCCC(C)C. The van der Waals surface area contributed by atoms with Crippen LogP contribution in [0.1, 0.15) is 330 Å². The van der Waals surface area contributed by atoms with Gasteiger partial charge in [0.25, 0.3) is 0 Å². The maximum atomic E-state index is 13.0. The molecule has 0 heterocycles. The predicted octanol–water partition coefficient (Wildman–Crippen LogP) is 18.2. The molecule has 17 nitrogen and oxygen atoms in total. The molecule has 0 aromatic carbocycles. The summed E-state index contributed by atoms with van der Waals surface area (Å²) >= 11 is 0. The summed E-state index contributed by atoms with van der Waals surface area (Å²) in [4.78, 5) is 72.1.